The van der Waals surface area contributed by atoms with Crippen molar-refractivity contribution in [3.05, 3.63) is 45.8 Å². The van der Waals surface area contributed by atoms with Crippen LogP contribution < -0.4 is 15.9 Å². The van der Waals surface area contributed by atoms with Crippen LogP contribution in [-0.4, -0.2) is 66.9 Å². The second kappa shape index (κ2) is 9.51. The minimum absolute atomic E-state index is 0.223. The molecule has 10 nitrogen and oxygen atoms in total. The fourth-order valence-corrected chi connectivity index (χ4v) is 6.04. The third-order valence-electron chi connectivity index (χ3n) is 8.20. The van der Waals surface area contributed by atoms with Gasteiger partial charge in [0.2, 0.25) is 5.95 Å². The number of halogens is 1. The van der Waals surface area contributed by atoms with Crippen molar-refractivity contribution < 1.29 is 4.39 Å². The molecular formula is C26H34FN9O. The van der Waals surface area contributed by atoms with Crippen molar-refractivity contribution in [3.8, 4) is 5.69 Å². The molecule has 0 radical (unpaired) electrons. The number of hydrogen-bond donors (Lipinski definition) is 1. The Morgan fingerprint density at radius 3 is 2.65 bits per heavy atom. The number of anilines is 3. The first-order valence-corrected chi connectivity index (χ1v) is 13.3. The number of hydrogen-bond acceptors (Lipinski definition) is 8. The highest BCUT2D eigenvalue weighted by molar-refractivity contribution is 5.66. The number of likely N-dealkylation sites (N-methyl/N-ethyl adjacent to an activating group) is 1. The molecule has 0 amide bonds. The lowest BCUT2D eigenvalue weighted by Gasteiger charge is -2.47. The Morgan fingerprint density at radius 1 is 1.08 bits per heavy atom. The first-order chi connectivity index (χ1) is 17.9. The lowest BCUT2D eigenvalue weighted by Crippen LogP contribution is -2.56. The molecule has 1 saturated carbocycles. The van der Waals surface area contributed by atoms with Crippen LogP contribution in [0.5, 0.6) is 0 Å². The molecule has 3 fully saturated rings. The van der Waals surface area contributed by atoms with Gasteiger partial charge in [-0.15, -0.1) is 0 Å². The molecule has 4 heterocycles. The molecule has 2 aromatic heterocycles. The second-order valence-electron chi connectivity index (χ2n) is 10.7. The van der Waals surface area contributed by atoms with Crippen LogP contribution >= 0.6 is 0 Å². The average Bonchev–Trinajstić information content (AvgIpc) is 3.70. The van der Waals surface area contributed by atoms with Gasteiger partial charge in [-0.05, 0) is 92.1 Å². The smallest absolute Gasteiger partial charge is 0.353 e. The highest BCUT2D eigenvalue weighted by Gasteiger charge is 2.36. The molecule has 1 aliphatic carbocycles. The SMILES string of the molecule is Cc1cc(C2CC2)c(-n2nnn(C)c2=O)cc1Nc1ncc(F)c(N(C)[C@H]2CCCN3CCCC[C@H]23)n1. The van der Waals surface area contributed by atoms with E-state index in [1.54, 1.807) is 7.05 Å². The molecule has 2 saturated heterocycles. The summed E-state index contributed by atoms with van der Waals surface area (Å²) in [6.07, 6.45) is 9.16. The van der Waals surface area contributed by atoms with Crippen LogP contribution in [0, 0.1) is 12.7 Å². The standard InChI is InChI=1S/C26H34FN9O/c1-16-13-18(17-9-10-17)23(36-26(37)34(3)31-32-36)14-20(16)29-25-28-15-19(27)24(30-25)33(2)21-8-6-12-35-11-5-4-7-22(21)35/h13-15,17,21-22H,4-12H2,1-3H3,(H,28,29,30)/t21-,22+/m0/s1. The van der Waals surface area contributed by atoms with Crippen molar-refractivity contribution in [2.45, 2.75) is 69.9 Å². The molecule has 2 aliphatic heterocycles. The number of aryl methyl sites for hydroxylation is 2. The number of nitrogens with one attached hydrogen (secondary N) is 1. The maximum atomic E-state index is 15.0. The molecule has 3 aromatic rings. The molecule has 196 valence electrons. The quantitative estimate of drug-likeness (QED) is 0.543. The van der Waals surface area contributed by atoms with Crippen molar-refractivity contribution in [3.63, 3.8) is 0 Å². The van der Waals surface area contributed by atoms with Crippen LogP contribution in [0.4, 0.5) is 21.8 Å². The summed E-state index contributed by atoms with van der Waals surface area (Å²) in [5.41, 5.74) is 3.22. The van der Waals surface area contributed by atoms with E-state index in [1.165, 1.54) is 28.4 Å². The molecule has 0 bridgehead atoms. The summed E-state index contributed by atoms with van der Waals surface area (Å²) in [5.74, 6) is 0.620. The lowest BCUT2D eigenvalue weighted by atomic mass is 9.88. The van der Waals surface area contributed by atoms with E-state index in [-0.39, 0.29) is 11.7 Å². The van der Waals surface area contributed by atoms with Crippen LogP contribution in [0.15, 0.2) is 23.1 Å². The van der Waals surface area contributed by atoms with Crippen LogP contribution in [0.1, 0.15) is 62.0 Å². The topological polar surface area (TPSA) is 97.0 Å². The van der Waals surface area contributed by atoms with Crippen molar-refractivity contribution in [2.24, 2.45) is 7.05 Å². The molecule has 3 aliphatic rings. The van der Waals surface area contributed by atoms with Gasteiger partial charge in [0, 0.05) is 31.9 Å². The van der Waals surface area contributed by atoms with Crippen molar-refractivity contribution in [1.82, 2.24) is 34.7 Å². The third-order valence-corrected chi connectivity index (χ3v) is 8.20. The van der Waals surface area contributed by atoms with Gasteiger partial charge in [0.15, 0.2) is 11.6 Å². The summed E-state index contributed by atoms with van der Waals surface area (Å²) in [4.78, 5) is 26.1. The van der Waals surface area contributed by atoms with Crippen LogP contribution in [0.3, 0.4) is 0 Å². The zero-order valence-electron chi connectivity index (χ0n) is 21.7. The van der Waals surface area contributed by atoms with E-state index < -0.39 is 5.82 Å². The van der Waals surface area contributed by atoms with E-state index in [4.69, 9.17) is 0 Å². The van der Waals surface area contributed by atoms with Crippen LogP contribution in [0.2, 0.25) is 0 Å². The van der Waals surface area contributed by atoms with Crippen LogP contribution in [0.25, 0.3) is 5.69 Å². The van der Waals surface area contributed by atoms with Gasteiger partial charge in [-0.2, -0.15) is 14.3 Å². The molecule has 11 heteroatoms. The number of benzene rings is 1. The Labute approximate surface area is 215 Å². The van der Waals surface area contributed by atoms with Crippen molar-refractivity contribution in [1.29, 1.82) is 0 Å². The Morgan fingerprint density at radius 2 is 1.89 bits per heavy atom. The van der Waals surface area contributed by atoms with E-state index in [2.05, 4.69) is 36.7 Å². The fourth-order valence-electron chi connectivity index (χ4n) is 6.04. The summed E-state index contributed by atoms with van der Waals surface area (Å²) < 4.78 is 17.6. The fraction of sp³-hybridized carbons (Fsp3) is 0.577. The van der Waals surface area contributed by atoms with Gasteiger partial charge in [0.05, 0.1) is 11.9 Å². The predicted octanol–water partition coefficient (Wildman–Crippen LogP) is 3.28. The van der Waals surface area contributed by atoms with Gasteiger partial charge in [-0.25, -0.2) is 14.2 Å². The van der Waals surface area contributed by atoms with E-state index in [1.807, 2.05) is 24.9 Å². The summed E-state index contributed by atoms with van der Waals surface area (Å²) in [6, 6.07) is 4.65. The van der Waals surface area contributed by atoms with E-state index in [0.717, 1.165) is 62.0 Å². The summed E-state index contributed by atoms with van der Waals surface area (Å²) >= 11 is 0. The average molecular weight is 508 g/mol. The predicted molar refractivity (Wildman–Crippen MR) is 139 cm³/mol. The number of rotatable bonds is 6. The molecular weight excluding hydrogens is 473 g/mol. The van der Waals surface area contributed by atoms with Gasteiger partial charge in [0.1, 0.15) is 0 Å². The minimum Gasteiger partial charge on any atom is -0.353 e. The number of tetrazole rings is 1. The zero-order valence-corrected chi connectivity index (χ0v) is 21.7. The molecule has 1 N–H and O–H groups in total. The number of aromatic nitrogens is 6. The molecule has 1 aromatic carbocycles. The number of nitrogens with zero attached hydrogens (tertiary/aromatic N) is 8. The number of piperidine rings is 2. The van der Waals surface area contributed by atoms with Crippen LogP contribution in [-0.2, 0) is 7.05 Å². The minimum atomic E-state index is -0.423. The van der Waals surface area contributed by atoms with Crippen molar-refractivity contribution in [2.75, 3.05) is 30.4 Å². The van der Waals surface area contributed by atoms with Gasteiger partial charge in [0.25, 0.3) is 0 Å². The molecule has 37 heavy (non-hydrogen) atoms. The molecule has 2 atom stereocenters. The van der Waals surface area contributed by atoms with E-state index in [9.17, 15) is 4.79 Å². The second-order valence-corrected chi connectivity index (χ2v) is 10.7. The largest absolute Gasteiger partial charge is 0.368 e. The Balaban J connectivity index is 1.31. The maximum Gasteiger partial charge on any atom is 0.368 e. The molecule has 0 unspecified atom stereocenters. The summed E-state index contributed by atoms with van der Waals surface area (Å²) in [7, 11) is 3.53. The van der Waals surface area contributed by atoms with E-state index in [0.29, 0.717) is 29.4 Å². The maximum absolute atomic E-state index is 15.0. The third kappa shape index (κ3) is 4.49. The highest BCUT2D eigenvalue weighted by Crippen LogP contribution is 2.44. The van der Waals surface area contributed by atoms with Gasteiger partial charge >= 0.3 is 5.69 Å². The first kappa shape index (κ1) is 24.0. The van der Waals surface area contributed by atoms with Crippen molar-refractivity contribution >= 4 is 17.5 Å². The van der Waals surface area contributed by atoms with Gasteiger partial charge in [-0.1, -0.05) is 12.5 Å². The van der Waals surface area contributed by atoms with Gasteiger partial charge in [-0.3, -0.25) is 4.90 Å². The highest BCUT2D eigenvalue weighted by atomic mass is 19.1. The first-order valence-electron chi connectivity index (χ1n) is 13.3. The summed E-state index contributed by atoms with van der Waals surface area (Å²) in [6.45, 7) is 4.26. The van der Waals surface area contributed by atoms with E-state index >= 15 is 4.39 Å². The normalized spacial score (nSPS) is 22.1. The lowest BCUT2D eigenvalue weighted by molar-refractivity contribution is 0.0891. The summed E-state index contributed by atoms with van der Waals surface area (Å²) in [5, 5.41) is 11.2. The number of fused-ring (bicyclic) bond motifs is 1. The monoisotopic (exact) mass is 507 g/mol. The Hall–Kier alpha value is -3.34. The zero-order chi connectivity index (χ0) is 25.7. The molecule has 6 rings (SSSR count). The Bertz CT molecular complexity index is 1360. The Kier molecular flexibility index (Phi) is 6.18. The molecule has 0 spiro atoms. The van der Waals surface area contributed by atoms with Gasteiger partial charge < -0.3 is 10.2 Å².